The highest BCUT2D eigenvalue weighted by atomic mass is 16.3. The number of aromatic hydroxyl groups is 1. The number of hydrogen-bond acceptors (Lipinski definition) is 4. The number of rotatable bonds is 4. The molecular formula is C10H17N3O. The molecule has 1 rings (SSSR count). The van der Waals surface area contributed by atoms with Crippen molar-refractivity contribution >= 4 is 0 Å². The van der Waals surface area contributed by atoms with E-state index in [1.165, 1.54) is 6.20 Å². The van der Waals surface area contributed by atoms with Gasteiger partial charge in [-0.05, 0) is 7.05 Å². The molecule has 0 aliphatic heterocycles. The Kier molecular flexibility index (Phi) is 3.83. The summed E-state index contributed by atoms with van der Waals surface area (Å²) in [6.07, 6.45) is 2.21. The summed E-state index contributed by atoms with van der Waals surface area (Å²) in [5.41, 5.74) is 0.720. The van der Waals surface area contributed by atoms with Crippen LogP contribution in [0.1, 0.15) is 31.3 Å². The molecule has 4 nitrogen and oxygen atoms in total. The Balaban J connectivity index is 2.85. The standard InChI is InChI=1S/C10H17N3O/c1-7(2)10-12-6-9(14)8(13-10)4-5-11-3/h6-7,11,14H,4-5H2,1-3H3. The van der Waals surface area contributed by atoms with Crippen LogP contribution in [0.4, 0.5) is 0 Å². The second kappa shape index (κ2) is 4.91. The summed E-state index contributed by atoms with van der Waals surface area (Å²) in [5.74, 6) is 1.27. The van der Waals surface area contributed by atoms with Gasteiger partial charge in [-0.15, -0.1) is 0 Å². The number of aromatic nitrogens is 2. The summed E-state index contributed by atoms with van der Waals surface area (Å²) in [7, 11) is 1.88. The molecule has 0 saturated heterocycles. The lowest BCUT2D eigenvalue weighted by Crippen LogP contribution is -2.12. The first-order valence-corrected chi connectivity index (χ1v) is 4.84. The third-order valence-electron chi connectivity index (χ3n) is 1.99. The van der Waals surface area contributed by atoms with Crippen molar-refractivity contribution in [3.8, 4) is 5.75 Å². The molecule has 2 N–H and O–H groups in total. The van der Waals surface area contributed by atoms with E-state index in [4.69, 9.17) is 0 Å². The van der Waals surface area contributed by atoms with E-state index in [0.29, 0.717) is 5.92 Å². The molecule has 1 aromatic rings. The largest absolute Gasteiger partial charge is 0.504 e. The molecule has 0 amide bonds. The first kappa shape index (κ1) is 10.9. The van der Waals surface area contributed by atoms with Crippen LogP contribution in [-0.2, 0) is 6.42 Å². The summed E-state index contributed by atoms with van der Waals surface area (Å²) in [6.45, 7) is 4.88. The maximum absolute atomic E-state index is 9.49. The van der Waals surface area contributed by atoms with Gasteiger partial charge in [-0.25, -0.2) is 9.97 Å². The van der Waals surface area contributed by atoms with Gasteiger partial charge in [0.05, 0.1) is 11.9 Å². The lowest BCUT2D eigenvalue weighted by molar-refractivity contribution is 0.457. The number of likely N-dealkylation sites (N-methyl/N-ethyl adjacent to an activating group) is 1. The third kappa shape index (κ3) is 2.67. The van der Waals surface area contributed by atoms with Gasteiger partial charge in [-0.3, -0.25) is 0 Å². The Morgan fingerprint density at radius 3 is 2.79 bits per heavy atom. The van der Waals surface area contributed by atoms with Crippen molar-refractivity contribution in [2.24, 2.45) is 0 Å². The Hall–Kier alpha value is -1.16. The molecule has 14 heavy (non-hydrogen) atoms. The van der Waals surface area contributed by atoms with Crippen molar-refractivity contribution < 1.29 is 5.11 Å². The van der Waals surface area contributed by atoms with Crippen LogP contribution in [-0.4, -0.2) is 28.7 Å². The first-order valence-electron chi connectivity index (χ1n) is 4.84. The second-order valence-corrected chi connectivity index (χ2v) is 3.57. The smallest absolute Gasteiger partial charge is 0.155 e. The van der Waals surface area contributed by atoms with Gasteiger partial charge in [0.25, 0.3) is 0 Å². The molecule has 0 aliphatic rings. The molecule has 78 valence electrons. The van der Waals surface area contributed by atoms with E-state index in [-0.39, 0.29) is 5.75 Å². The average Bonchev–Trinajstić information content (AvgIpc) is 2.16. The molecule has 4 heteroatoms. The quantitative estimate of drug-likeness (QED) is 0.754. The molecular weight excluding hydrogens is 178 g/mol. The fourth-order valence-electron chi connectivity index (χ4n) is 1.13. The van der Waals surface area contributed by atoms with Crippen molar-refractivity contribution in [1.29, 1.82) is 0 Å². The minimum atomic E-state index is 0.185. The maximum atomic E-state index is 9.49. The summed E-state index contributed by atoms with van der Waals surface area (Å²) in [5, 5.41) is 12.5. The van der Waals surface area contributed by atoms with E-state index in [1.54, 1.807) is 0 Å². The average molecular weight is 195 g/mol. The van der Waals surface area contributed by atoms with Crippen LogP contribution >= 0.6 is 0 Å². The Morgan fingerprint density at radius 1 is 1.50 bits per heavy atom. The van der Waals surface area contributed by atoms with E-state index in [0.717, 1.165) is 24.5 Å². The normalized spacial score (nSPS) is 10.9. The summed E-state index contributed by atoms with van der Waals surface area (Å²) in [6, 6.07) is 0. The summed E-state index contributed by atoms with van der Waals surface area (Å²) >= 11 is 0. The molecule has 0 aromatic carbocycles. The van der Waals surface area contributed by atoms with Gasteiger partial charge in [0.2, 0.25) is 0 Å². The molecule has 0 saturated carbocycles. The van der Waals surface area contributed by atoms with E-state index in [1.807, 2.05) is 20.9 Å². The molecule has 0 fully saturated rings. The molecule has 0 bridgehead atoms. The number of nitrogens with one attached hydrogen (secondary N) is 1. The van der Waals surface area contributed by atoms with E-state index in [9.17, 15) is 5.11 Å². The molecule has 1 heterocycles. The third-order valence-corrected chi connectivity index (χ3v) is 1.99. The highest BCUT2D eigenvalue weighted by Gasteiger charge is 2.07. The van der Waals surface area contributed by atoms with Gasteiger partial charge >= 0.3 is 0 Å². The lowest BCUT2D eigenvalue weighted by atomic mass is 10.2. The Morgan fingerprint density at radius 2 is 2.21 bits per heavy atom. The minimum Gasteiger partial charge on any atom is -0.504 e. The predicted octanol–water partition coefficient (Wildman–Crippen LogP) is 1.07. The zero-order valence-corrected chi connectivity index (χ0v) is 8.91. The second-order valence-electron chi connectivity index (χ2n) is 3.57. The van der Waals surface area contributed by atoms with Crippen molar-refractivity contribution in [3.05, 3.63) is 17.7 Å². The molecule has 0 atom stereocenters. The maximum Gasteiger partial charge on any atom is 0.155 e. The monoisotopic (exact) mass is 195 g/mol. The van der Waals surface area contributed by atoms with Gasteiger partial charge in [-0.1, -0.05) is 13.8 Å². The van der Waals surface area contributed by atoms with Crippen LogP contribution < -0.4 is 5.32 Å². The van der Waals surface area contributed by atoms with Gasteiger partial charge in [-0.2, -0.15) is 0 Å². The molecule has 0 aliphatic carbocycles. The van der Waals surface area contributed by atoms with Crippen LogP contribution in [0.15, 0.2) is 6.20 Å². The fourth-order valence-corrected chi connectivity index (χ4v) is 1.13. The van der Waals surface area contributed by atoms with E-state index < -0.39 is 0 Å². The number of nitrogens with zero attached hydrogens (tertiary/aromatic N) is 2. The summed E-state index contributed by atoms with van der Waals surface area (Å²) in [4.78, 5) is 8.37. The molecule has 0 radical (unpaired) electrons. The first-order chi connectivity index (χ1) is 6.65. The predicted molar refractivity (Wildman–Crippen MR) is 55.4 cm³/mol. The summed E-state index contributed by atoms with van der Waals surface area (Å²) < 4.78 is 0. The molecule has 0 unspecified atom stereocenters. The van der Waals surface area contributed by atoms with Gasteiger partial charge in [0.15, 0.2) is 5.75 Å². The van der Waals surface area contributed by atoms with Crippen LogP contribution in [0, 0.1) is 0 Å². The lowest BCUT2D eigenvalue weighted by Gasteiger charge is -2.07. The fraction of sp³-hybridized carbons (Fsp3) is 0.600. The zero-order chi connectivity index (χ0) is 10.6. The minimum absolute atomic E-state index is 0.185. The van der Waals surface area contributed by atoms with Crippen LogP contribution in [0.3, 0.4) is 0 Å². The highest BCUT2D eigenvalue weighted by Crippen LogP contribution is 2.16. The zero-order valence-electron chi connectivity index (χ0n) is 8.91. The van der Waals surface area contributed by atoms with Crippen LogP contribution in [0.5, 0.6) is 5.75 Å². The SMILES string of the molecule is CNCCc1nc(C(C)C)ncc1O. The van der Waals surface area contributed by atoms with E-state index >= 15 is 0 Å². The molecule has 1 aromatic heterocycles. The van der Waals surface area contributed by atoms with Crippen molar-refractivity contribution in [1.82, 2.24) is 15.3 Å². The Bertz CT molecular complexity index is 299. The van der Waals surface area contributed by atoms with Gasteiger partial charge < -0.3 is 10.4 Å². The van der Waals surface area contributed by atoms with E-state index in [2.05, 4.69) is 15.3 Å². The molecule has 0 spiro atoms. The van der Waals surface area contributed by atoms with Gasteiger partial charge in [0.1, 0.15) is 5.82 Å². The Labute approximate surface area is 84.4 Å². The number of hydrogen-bond donors (Lipinski definition) is 2. The van der Waals surface area contributed by atoms with Crippen molar-refractivity contribution in [3.63, 3.8) is 0 Å². The van der Waals surface area contributed by atoms with Crippen molar-refractivity contribution in [2.45, 2.75) is 26.2 Å². The van der Waals surface area contributed by atoms with Crippen molar-refractivity contribution in [2.75, 3.05) is 13.6 Å². The van der Waals surface area contributed by atoms with Crippen LogP contribution in [0.25, 0.3) is 0 Å². The topological polar surface area (TPSA) is 58.0 Å². The highest BCUT2D eigenvalue weighted by molar-refractivity contribution is 5.23. The van der Waals surface area contributed by atoms with Gasteiger partial charge in [0, 0.05) is 18.9 Å². The van der Waals surface area contributed by atoms with Crippen LogP contribution in [0.2, 0.25) is 0 Å².